The molecule has 26 heavy (non-hydrogen) atoms. The topological polar surface area (TPSA) is 63.6 Å². The Labute approximate surface area is 155 Å². The SMILES string of the molecule is CC(=O)O[C@H]1CC[C@]2(C)[C@H]3CC[C@]4(C)C(=O)[C@H]5CC5[C@H]4[C@@H]3C=C[C@]2(O)C1. The molecule has 1 N–H and O–H groups in total. The van der Waals surface area contributed by atoms with E-state index in [4.69, 9.17) is 4.74 Å². The molecule has 9 atom stereocenters. The lowest BCUT2D eigenvalue weighted by Crippen LogP contribution is -2.61. The average Bonchev–Trinajstić information content (AvgIpc) is 3.30. The standard InChI is InChI=1S/C22H30O4/c1-12(23)26-13-4-8-21(3)17-6-7-20(2)18(15-10-16(15)19(20)24)14(17)5-9-22(21,25)11-13/h5,9,13-18,25H,4,6-8,10-11H2,1-3H3/t13-,14+,15?,16-,17-,18+,20-,21+,22-/m0/s1. The summed E-state index contributed by atoms with van der Waals surface area (Å²) < 4.78 is 5.43. The lowest BCUT2D eigenvalue weighted by atomic mass is 9.45. The third-order valence-corrected chi connectivity index (χ3v) is 9.05. The highest BCUT2D eigenvalue weighted by Crippen LogP contribution is 2.71. The molecule has 0 aliphatic heterocycles. The first-order chi connectivity index (χ1) is 12.2. The maximum Gasteiger partial charge on any atom is 0.302 e. The van der Waals surface area contributed by atoms with Crippen LogP contribution in [0.4, 0.5) is 0 Å². The van der Waals surface area contributed by atoms with E-state index in [-0.39, 0.29) is 22.9 Å². The summed E-state index contributed by atoms with van der Waals surface area (Å²) in [5, 5.41) is 11.6. The van der Waals surface area contributed by atoms with E-state index in [0.29, 0.717) is 41.8 Å². The van der Waals surface area contributed by atoms with Gasteiger partial charge in [0.15, 0.2) is 0 Å². The maximum absolute atomic E-state index is 12.8. The van der Waals surface area contributed by atoms with Crippen molar-refractivity contribution in [2.45, 2.75) is 71.0 Å². The predicted octanol–water partition coefficient (Wildman–Crippen LogP) is 3.28. The molecule has 4 heteroatoms. The van der Waals surface area contributed by atoms with Crippen molar-refractivity contribution in [2.24, 2.45) is 40.4 Å². The number of hydrogen-bond acceptors (Lipinski definition) is 4. The van der Waals surface area contributed by atoms with Gasteiger partial charge in [-0.25, -0.2) is 0 Å². The lowest BCUT2D eigenvalue weighted by molar-refractivity contribution is -0.181. The van der Waals surface area contributed by atoms with Crippen molar-refractivity contribution in [1.82, 2.24) is 0 Å². The molecule has 5 aliphatic carbocycles. The van der Waals surface area contributed by atoms with Crippen molar-refractivity contribution in [3.8, 4) is 0 Å². The third kappa shape index (κ3) is 1.95. The summed E-state index contributed by atoms with van der Waals surface area (Å²) in [6.45, 7) is 5.88. The van der Waals surface area contributed by atoms with Crippen LogP contribution in [-0.2, 0) is 14.3 Å². The first-order valence-corrected chi connectivity index (χ1v) is 10.3. The van der Waals surface area contributed by atoms with Crippen molar-refractivity contribution in [3.63, 3.8) is 0 Å². The summed E-state index contributed by atoms with van der Waals surface area (Å²) in [5.41, 5.74) is -1.24. The molecule has 4 saturated carbocycles. The molecule has 0 aromatic carbocycles. The number of fused-ring (bicyclic) bond motifs is 7. The Balaban J connectivity index is 1.49. The molecule has 5 rings (SSSR count). The zero-order valence-corrected chi connectivity index (χ0v) is 16.0. The van der Waals surface area contributed by atoms with Crippen LogP contribution in [0.25, 0.3) is 0 Å². The van der Waals surface area contributed by atoms with E-state index in [1.807, 2.05) is 6.08 Å². The van der Waals surface area contributed by atoms with Gasteiger partial charge in [0.25, 0.3) is 0 Å². The van der Waals surface area contributed by atoms with Crippen LogP contribution in [-0.4, -0.2) is 28.6 Å². The number of ketones is 1. The molecule has 4 fully saturated rings. The van der Waals surface area contributed by atoms with Gasteiger partial charge in [-0.15, -0.1) is 0 Å². The number of aliphatic hydroxyl groups is 1. The largest absolute Gasteiger partial charge is 0.462 e. The van der Waals surface area contributed by atoms with Crippen molar-refractivity contribution in [3.05, 3.63) is 12.2 Å². The van der Waals surface area contributed by atoms with E-state index < -0.39 is 5.60 Å². The molecule has 0 aromatic rings. The second-order valence-electron chi connectivity index (χ2n) is 10.2. The fourth-order valence-corrected chi connectivity index (χ4v) is 7.60. The summed E-state index contributed by atoms with van der Waals surface area (Å²) >= 11 is 0. The van der Waals surface area contributed by atoms with Crippen LogP contribution < -0.4 is 0 Å². The second-order valence-corrected chi connectivity index (χ2v) is 10.2. The highest BCUT2D eigenvalue weighted by Gasteiger charge is 2.71. The van der Waals surface area contributed by atoms with E-state index in [9.17, 15) is 14.7 Å². The van der Waals surface area contributed by atoms with Crippen molar-refractivity contribution in [2.75, 3.05) is 0 Å². The van der Waals surface area contributed by atoms with Crippen LogP contribution >= 0.6 is 0 Å². The fraction of sp³-hybridized carbons (Fsp3) is 0.818. The van der Waals surface area contributed by atoms with Gasteiger partial charge in [-0.05, 0) is 55.8 Å². The Morgan fingerprint density at radius 3 is 2.77 bits per heavy atom. The zero-order valence-electron chi connectivity index (χ0n) is 16.0. The van der Waals surface area contributed by atoms with Gasteiger partial charge in [-0.1, -0.05) is 26.0 Å². The first-order valence-electron chi connectivity index (χ1n) is 10.3. The van der Waals surface area contributed by atoms with Crippen LogP contribution in [0, 0.1) is 40.4 Å². The number of allylic oxidation sites excluding steroid dienone is 1. The predicted molar refractivity (Wildman–Crippen MR) is 96.0 cm³/mol. The number of rotatable bonds is 1. The quantitative estimate of drug-likeness (QED) is 0.577. The molecular formula is C22H30O4. The van der Waals surface area contributed by atoms with E-state index in [1.165, 1.54) is 6.92 Å². The Hall–Kier alpha value is -1.16. The van der Waals surface area contributed by atoms with Crippen LogP contribution in [0.5, 0.6) is 0 Å². The van der Waals surface area contributed by atoms with Gasteiger partial charge in [0.05, 0.1) is 5.60 Å². The molecular weight excluding hydrogens is 328 g/mol. The van der Waals surface area contributed by atoms with Crippen LogP contribution in [0.2, 0.25) is 0 Å². The minimum atomic E-state index is -0.911. The Morgan fingerprint density at radius 2 is 2.04 bits per heavy atom. The lowest BCUT2D eigenvalue weighted by Gasteiger charge is -2.61. The first kappa shape index (κ1) is 17.0. The van der Waals surface area contributed by atoms with Crippen molar-refractivity contribution >= 4 is 11.8 Å². The van der Waals surface area contributed by atoms with Gasteiger partial charge in [0, 0.05) is 30.1 Å². The molecule has 1 unspecified atom stereocenters. The Kier molecular flexibility index (Phi) is 3.27. The molecule has 0 bridgehead atoms. The number of Topliss-reactive ketones (excluding diaryl/α,β-unsaturated/α-hetero) is 1. The molecule has 0 amide bonds. The van der Waals surface area contributed by atoms with Gasteiger partial charge in [-0.2, -0.15) is 0 Å². The highest BCUT2D eigenvalue weighted by molar-refractivity contribution is 5.92. The Morgan fingerprint density at radius 1 is 1.27 bits per heavy atom. The number of ether oxygens (including phenoxy) is 1. The molecule has 0 aromatic heterocycles. The van der Waals surface area contributed by atoms with Crippen LogP contribution in [0.3, 0.4) is 0 Å². The van der Waals surface area contributed by atoms with Crippen LogP contribution in [0.15, 0.2) is 12.2 Å². The van der Waals surface area contributed by atoms with Crippen LogP contribution in [0.1, 0.15) is 59.3 Å². The van der Waals surface area contributed by atoms with Gasteiger partial charge in [0.2, 0.25) is 0 Å². The van der Waals surface area contributed by atoms with Gasteiger partial charge in [0.1, 0.15) is 11.9 Å². The summed E-state index contributed by atoms with van der Waals surface area (Å²) in [5.74, 6) is 2.44. The maximum atomic E-state index is 12.8. The minimum absolute atomic E-state index is 0.139. The summed E-state index contributed by atoms with van der Waals surface area (Å²) in [7, 11) is 0. The molecule has 4 nitrogen and oxygen atoms in total. The molecule has 142 valence electrons. The molecule has 0 saturated heterocycles. The van der Waals surface area contributed by atoms with Crippen molar-refractivity contribution < 1.29 is 19.4 Å². The minimum Gasteiger partial charge on any atom is -0.462 e. The monoisotopic (exact) mass is 358 g/mol. The van der Waals surface area contributed by atoms with E-state index >= 15 is 0 Å². The molecule has 0 heterocycles. The summed E-state index contributed by atoms with van der Waals surface area (Å²) in [6.07, 6.45) is 9.32. The molecule has 5 aliphatic rings. The van der Waals surface area contributed by atoms with E-state index in [1.54, 1.807) is 0 Å². The molecule has 0 spiro atoms. The van der Waals surface area contributed by atoms with Gasteiger partial charge in [-0.3, -0.25) is 9.59 Å². The number of carbonyl (C=O) groups excluding carboxylic acids is 2. The van der Waals surface area contributed by atoms with Crippen molar-refractivity contribution in [1.29, 1.82) is 0 Å². The van der Waals surface area contributed by atoms with Gasteiger partial charge < -0.3 is 9.84 Å². The summed E-state index contributed by atoms with van der Waals surface area (Å²) in [4.78, 5) is 24.2. The van der Waals surface area contributed by atoms with E-state index in [0.717, 1.165) is 32.1 Å². The smallest absolute Gasteiger partial charge is 0.302 e. The van der Waals surface area contributed by atoms with Gasteiger partial charge >= 0.3 is 5.97 Å². The highest BCUT2D eigenvalue weighted by atomic mass is 16.5. The fourth-order valence-electron chi connectivity index (χ4n) is 7.60. The number of esters is 1. The normalized spacial score (nSPS) is 56.8. The zero-order chi connectivity index (χ0) is 18.5. The summed E-state index contributed by atoms with van der Waals surface area (Å²) in [6, 6.07) is 0. The Bertz CT molecular complexity index is 713. The number of hydrogen-bond donors (Lipinski definition) is 1. The third-order valence-electron chi connectivity index (χ3n) is 9.05. The van der Waals surface area contributed by atoms with E-state index in [2.05, 4.69) is 19.9 Å². The second kappa shape index (κ2) is 5.01. The number of carbonyl (C=O) groups is 2. The molecule has 0 radical (unpaired) electrons. The average molecular weight is 358 g/mol.